The minimum atomic E-state index is -0.765. The highest BCUT2D eigenvalue weighted by atomic mass is 32.1. The number of thiophene rings is 1. The van der Waals surface area contributed by atoms with E-state index in [1.807, 2.05) is 18.7 Å². The molecule has 2 aromatic rings. The fourth-order valence-corrected chi connectivity index (χ4v) is 4.73. The number of nitrogens with two attached hydrogens (primary N) is 1. The van der Waals surface area contributed by atoms with E-state index in [4.69, 9.17) is 15.9 Å². The Bertz CT molecular complexity index is 986. The predicted octanol–water partition coefficient (Wildman–Crippen LogP) is 3.97. The maximum absolute atomic E-state index is 14.1. The van der Waals surface area contributed by atoms with Crippen LogP contribution >= 0.6 is 11.3 Å². The van der Waals surface area contributed by atoms with Crippen LogP contribution in [-0.4, -0.2) is 35.2 Å². The minimum absolute atomic E-state index is 0.123. The maximum Gasteiger partial charge on any atom is 0.353 e. The van der Waals surface area contributed by atoms with Crippen LogP contribution in [0.5, 0.6) is 5.75 Å². The standard InChI is InChI=1S/C22H26FN3O3S/c1-13-5-4-10-26(13)21(28)22(2,3)12-15-7-9-18(30-15)20(27)29-17-8-6-14(19(24)25)11-16(17)23/h6-9,11,13H,4-5,10,12H2,1-3H3,(H3,24,25)/t13-/m1/s1. The van der Waals surface area contributed by atoms with Gasteiger partial charge in [0, 0.05) is 28.4 Å². The first-order chi connectivity index (χ1) is 14.1. The number of nitrogen functional groups attached to an aromatic ring is 1. The van der Waals surface area contributed by atoms with Gasteiger partial charge in [0.1, 0.15) is 10.7 Å². The molecular formula is C22H26FN3O3S. The third-order valence-electron chi connectivity index (χ3n) is 5.32. The van der Waals surface area contributed by atoms with Crippen molar-refractivity contribution in [2.75, 3.05) is 6.54 Å². The Morgan fingerprint density at radius 3 is 2.67 bits per heavy atom. The Kier molecular flexibility index (Phi) is 6.26. The van der Waals surface area contributed by atoms with Crippen molar-refractivity contribution in [1.82, 2.24) is 4.90 Å². The van der Waals surface area contributed by atoms with Crippen molar-refractivity contribution in [1.29, 1.82) is 5.41 Å². The van der Waals surface area contributed by atoms with Gasteiger partial charge >= 0.3 is 5.97 Å². The molecule has 1 fully saturated rings. The van der Waals surface area contributed by atoms with Crippen molar-refractivity contribution in [3.8, 4) is 5.75 Å². The molecule has 1 aliphatic rings. The van der Waals surface area contributed by atoms with Crippen LogP contribution in [0, 0.1) is 16.6 Å². The number of esters is 1. The topological polar surface area (TPSA) is 96.5 Å². The number of likely N-dealkylation sites (tertiary alicyclic amines) is 1. The van der Waals surface area contributed by atoms with E-state index in [9.17, 15) is 14.0 Å². The summed E-state index contributed by atoms with van der Waals surface area (Å²) in [5, 5.41) is 7.33. The summed E-state index contributed by atoms with van der Waals surface area (Å²) in [5.74, 6) is -1.80. The van der Waals surface area contributed by atoms with Crippen molar-refractivity contribution in [2.45, 2.75) is 46.1 Å². The van der Waals surface area contributed by atoms with E-state index in [1.54, 1.807) is 12.1 Å². The molecule has 0 saturated carbocycles. The number of amidine groups is 1. The third-order valence-corrected chi connectivity index (χ3v) is 6.38. The van der Waals surface area contributed by atoms with Crippen LogP contribution in [0.3, 0.4) is 0 Å². The van der Waals surface area contributed by atoms with E-state index >= 15 is 0 Å². The zero-order valence-electron chi connectivity index (χ0n) is 17.3. The van der Waals surface area contributed by atoms with Crippen molar-refractivity contribution in [2.24, 2.45) is 11.1 Å². The normalized spacial score (nSPS) is 16.5. The van der Waals surface area contributed by atoms with Crippen LogP contribution < -0.4 is 10.5 Å². The first-order valence-electron chi connectivity index (χ1n) is 9.84. The molecule has 1 saturated heterocycles. The van der Waals surface area contributed by atoms with E-state index in [0.29, 0.717) is 11.3 Å². The Labute approximate surface area is 179 Å². The number of carbonyl (C=O) groups excluding carboxylic acids is 2. The van der Waals surface area contributed by atoms with Gasteiger partial charge in [-0.15, -0.1) is 11.3 Å². The van der Waals surface area contributed by atoms with Crippen LogP contribution in [0.1, 0.15) is 53.7 Å². The lowest BCUT2D eigenvalue weighted by atomic mass is 9.86. The van der Waals surface area contributed by atoms with Gasteiger partial charge < -0.3 is 15.4 Å². The zero-order valence-corrected chi connectivity index (χ0v) is 18.1. The molecule has 1 atom stereocenters. The second-order valence-electron chi connectivity index (χ2n) is 8.26. The number of amides is 1. The monoisotopic (exact) mass is 431 g/mol. The van der Waals surface area contributed by atoms with Gasteiger partial charge in [-0.2, -0.15) is 0 Å². The zero-order chi connectivity index (χ0) is 22.1. The lowest BCUT2D eigenvalue weighted by molar-refractivity contribution is -0.140. The summed E-state index contributed by atoms with van der Waals surface area (Å²) in [6.45, 7) is 6.70. The smallest absolute Gasteiger partial charge is 0.353 e. The number of rotatable bonds is 6. The summed E-state index contributed by atoms with van der Waals surface area (Å²) in [6, 6.07) is 7.44. The number of hydrogen-bond acceptors (Lipinski definition) is 5. The molecule has 0 bridgehead atoms. The van der Waals surface area contributed by atoms with Crippen LogP contribution in [0.25, 0.3) is 0 Å². The van der Waals surface area contributed by atoms with Gasteiger partial charge in [0.15, 0.2) is 11.6 Å². The molecule has 0 spiro atoms. The fraction of sp³-hybridized carbons (Fsp3) is 0.409. The summed E-state index contributed by atoms with van der Waals surface area (Å²) in [6.07, 6.45) is 2.57. The molecular weight excluding hydrogens is 405 g/mol. The number of benzene rings is 1. The fourth-order valence-electron chi connectivity index (χ4n) is 3.62. The van der Waals surface area contributed by atoms with Crippen molar-refractivity contribution in [3.63, 3.8) is 0 Å². The molecule has 1 amide bonds. The van der Waals surface area contributed by atoms with Gasteiger partial charge in [0.05, 0.1) is 0 Å². The Morgan fingerprint density at radius 2 is 2.07 bits per heavy atom. The third kappa shape index (κ3) is 4.70. The number of nitrogens with zero attached hydrogens (tertiary/aromatic N) is 1. The Morgan fingerprint density at radius 1 is 1.33 bits per heavy atom. The van der Waals surface area contributed by atoms with Crippen molar-refractivity contribution < 1.29 is 18.7 Å². The minimum Gasteiger partial charge on any atom is -0.419 e. The van der Waals surface area contributed by atoms with Crippen LogP contribution in [-0.2, 0) is 11.2 Å². The summed E-state index contributed by atoms with van der Waals surface area (Å²) >= 11 is 1.24. The Balaban J connectivity index is 1.67. The van der Waals surface area contributed by atoms with E-state index in [2.05, 4.69) is 6.92 Å². The predicted molar refractivity (Wildman–Crippen MR) is 115 cm³/mol. The quantitative estimate of drug-likeness (QED) is 0.313. The SMILES string of the molecule is C[C@@H]1CCCN1C(=O)C(C)(C)Cc1ccc(C(=O)Oc2ccc(C(=N)N)cc2F)s1. The van der Waals surface area contributed by atoms with Gasteiger partial charge in [0.25, 0.3) is 0 Å². The molecule has 0 radical (unpaired) electrons. The first kappa shape index (κ1) is 22.0. The van der Waals surface area contributed by atoms with Gasteiger partial charge in [-0.05, 0) is 56.5 Å². The van der Waals surface area contributed by atoms with E-state index in [1.165, 1.54) is 23.5 Å². The molecule has 1 aromatic carbocycles. The molecule has 8 heteroatoms. The molecule has 2 heterocycles. The largest absolute Gasteiger partial charge is 0.419 e. The first-order valence-corrected chi connectivity index (χ1v) is 10.7. The highest BCUT2D eigenvalue weighted by Crippen LogP contribution is 2.32. The second kappa shape index (κ2) is 8.55. The van der Waals surface area contributed by atoms with E-state index in [-0.39, 0.29) is 29.1 Å². The van der Waals surface area contributed by atoms with Crippen LogP contribution in [0.2, 0.25) is 0 Å². The van der Waals surface area contributed by atoms with Gasteiger partial charge in [-0.1, -0.05) is 13.8 Å². The molecule has 1 aliphatic heterocycles. The van der Waals surface area contributed by atoms with Crippen LogP contribution in [0.4, 0.5) is 4.39 Å². The summed E-state index contributed by atoms with van der Waals surface area (Å²) in [7, 11) is 0. The number of halogens is 1. The van der Waals surface area contributed by atoms with Gasteiger partial charge in [0.2, 0.25) is 5.91 Å². The second-order valence-corrected chi connectivity index (χ2v) is 9.43. The number of carbonyl (C=O) groups is 2. The molecule has 3 rings (SSSR count). The molecule has 0 aliphatic carbocycles. The highest BCUT2D eigenvalue weighted by Gasteiger charge is 2.36. The van der Waals surface area contributed by atoms with E-state index < -0.39 is 17.2 Å². The number of nitrogens with one attached hydrogen (secondary N) is 1. The Hall–Kier alpha value is -2.74. The summed E-state index contributed by atoms with van der Waals surface area (Å²) in [4.78, 5) is 28.5. The number of hydrogen-bond donors (Lipinski definition) is 2. The van der Waals surface area contributed by atoms with Crippen molar-refractivity contribution >= 4 is 29.0 Å². The molecule has 6 nitrogen and oxygen atoms in total. The molecule has 1 aromatic heterocycles. The van der Waals surface area contributed by atoms with Gasteiger partial charge in [-0.3, -0.25) is 10.2 Å². The highest BCUT2D eigenvalue weighted by molar-refractivity contribution is 7.13. The lowest BCUT2D eigenvalue weighted by Crippen LogP contribution is -2.43. The summed E-state index contributed by atoms with van der Waals surface area (Å²) in [5.41, 5.74) is 4.96. The van der Waals surface area contributed by atoms with Gasteiger partial charge in [-0.25, -0.2) is 9.18 Å². The molecule has 160 valence electrons. The molecule has 3 N–H and O–H groups in total. The maximum atomic E-state index is 14.1. The lowest BCUT2D eigenvalue weighted by Gasteiger charge is -2.31. The number of ether oxygens (including phenoxy) is 1. The van der Waals surface area contributed by atoms with Crippen molar-refractivity contribution in [3.05, 3.63) is 51.5 Å². The molecule has 0 unspecified atom stereocenters. The average molecular weight is 432 g/mol. The van der Waals surface area contributed by atoms with Crippen LogP contribution in [0.15, 0.2) is 30.3 Å². The summed E-state index contributed by atoms with van der Waals surface area (Å²) < 4.78 is 19.3. The average Bonchev–Trinajstić information content (AvgIpc) is 3.31. The van der Waals surface area contributed by atoms with E-state index in [0.717, 1.165) is 30.3 Å². The molecule has 30 heavy (non-hydrogen) atoms.